The van der Waals surface area contributed by atoms with E-state index >= 15 is 0 Å². The molecule has 2 rings (SSSR count). The first-order valence-corrected chi connectivity index (χ1v) is 8.78. The number of sulfonamides is 1. The van der Waals surface area contributed by atoms with E-state index in [1.54, 1.807) is 0 Å². The second-order valence-electron chi connectivity index (χ2n) is 4.79. The topological polar surface area (TPSA) is 89.3 Å². The fraction of sp³-hybridized carbons (Fsp3) is 0.417. The second-order valence-corrected chi connectivity index (χ2v) is 7.58. The second kappa shape index (κ2) is 5.63. The van der Waals surface area contributed by atoms with Crippen molar-refractivity contribution in [1.82, 2.24) is 5.32 Å². The van der Waals surface area contributed by atoms with Crippen molar-refractivity contribution < 1.29 is 13.2 Å². The predicted molar refractivity (Wildman–Crippen MR) is 80.2 cm³/mol. The first-order valence-electron chi connectivity index (χ1n) is 6.06. The van der Waals surface area contributed by atoms with E-state index in [1.165, 1.54) is 12.1 Å². The number of hydrogen-bond acceptors (Lipinski definition) is 3. The van der Waals surface area contributed by atoms with Crippen LogP contribution in [0.15, 0.2) is 21.5 Å². The average Bonchev–Trinajstić information content (AvgIpc) is 3.05. The van der Waals surface area contributed by atoms with Crippen LogP contribution < -0.4 is 10.5 Å². The zero-order chi connectivity index (χ0) is 15.1. The molecule has 20 heavy (non-hydrogen) atoms. The van der Waals surface area contributed by atoms with Crippen molar-refractivity contribution in [3.63, 3.8) is 0 Å². The summed E-state index contributed by atoms with van der Waals surface area (Å²) in [6.07, 6.45) is 1.94. The van der Waals surface area contributed by atoms with Crippen molar-refractivity contribution in [3.8, 4) is 0 Å². The molecule has 0 heterocycles. The van der Waals surface area contributed by atoms with Crippen molar-refractivity contribution in [1.29, 1.82) is 0 Å². The minimum absolute atomic E-state index is 0.112. The Balaban J connectivity index is 2.30. The van der Waals surface area contributed by atoms with E-state index in [2.05, 4.69) is 28.2 Å². The van der Waals surface area contributed by atoms with Crippen LogP contribution in [0.5, 0.6) is 0 Å². The molecule has 1 aromatic rings. The highest BCUT2D eigenvalue weighted by Gasteiger charge is 2.37. The Morgan fingerprint density at radius 2 is 2.20 bits per heavy atom. The summed E-state index contributed by atoms with van der Waals surface area (Å²) in [6, 6.07) is 2.70. The highest BCUT2D eigenvalue weighted by molar-refractivity contribution is 9.10. The van der Waals surface area contributed by atoms with Gasteiger partial charge in [-0.05, 0) is 40.4 Å². The van der Waals surface area contributed by atoms with Crippen LogP contribution in [0.2, 0.25) is 5.02 Å². The summed E-state index contributed by atoms with van der Waals surface area (Å²) in [5.74, 6) is 0.110. The number of nitrogens with one attached hydrogen (secondary N) is 1. The molecule has 1 saturated carbocycles. The van der Waals surface area contributed by atoms with E-state index in [9.17, 15) is 13.2 Å². The maximum atomic E-state index is 12.1. The third kappa shape index (κ3) is 3.33. The molecule has 8 heteroatoms. The van der Waals surface area contributed by atoms with E-state index in [1.807, 2.05) is 0 Å². The summed E-state index contributed by atoms with van der Waals surface area (Å²) < 4.78 is 23.1. The van der Waals surface area contributed by atoms with Gasteiger partial charge in [-0.3, -0.25) is 4.79 Å². The van der Waals surface area contributed by atoms with Gasteiger partial charge >= 0.3 is 0 Å². The fourth-order valence-electron chi connectivity index (χ4n) is 2.04. The average molecular weight is 382 g/mol. The van der Waals surface area contributed by atoms with E-state index < -0.39 is 10.0 Å². The first-order chi connectivity index (χ1) is 9.24. The Morgan fingerprint density at radius 1 is 1.55 bits per heavy atom. The molecule has 2 atom stereocenters. The van der Waals surface area contributed by atoms with Crippen LogP contribution in [0.4, 0.5) is 0 Å². The molecule has 0 saturated heterocycles. The SMILES string of the molecule is CCC1CC1NC(=O)c1cc(S(N)(=O)=O)c(Br)cc1Cl. The van der Waals surface area contributed by atoms with Gasteiger partial charge in [-0.15, -0.1) is 0 Å². The van der Waals surface area contributed by atoms with Gasteiger partial charge in [0.05, 0.1) is 15.5 Å². The molecule has 1 aliphatic rings. The number of carbonyl (C=O) groups is 1. The molecule has 110 valence electrons. The van der Waals surface area contributed by atoms with E-state index in [0.29, 0.717) is 5.92 Å². The van der Waals surface area contributed by atoms with Gasteiger partial charge in [0.1, 0.15) is 0 Å². The van der Waals surface area contributed by atoms with Crippen LogP contribution in [-0.4, -0.2) is 20.4 Å². The lowest BCUT2D eigenvalue weighted by molar-refractivity contribution is 0.0949. The van der Waals surface area contributed by atoms with Gasteiger partial charge in [-0.2, -0.15) is 0 Å². The van der Waals surface area contributed by atoms with Gasteiger partial charge in [0.15, 0.2) is 0 Å². The standard InChI is InChI=1S/C12H14BrClN2O3S/c1-2-6-3-10(6)16-12(17)7-4-11(20(15,18)19)8(13)5-9(7)14/h4-6,10H,2-3H2,1H3,(H,16,17)(H2,15,18,19). The number of nitrogens with two attached hydrogens (primary N) is 1. The van der Waals surface area contributed by atoms with Crippen molar-refractivity contribution in [3.05, 3.63) is 27.2 Å². The largest absolute Gasteiger partial charge is 0.349 e. The predicted octanol–water partition coefficient (Wildman–Crippen LogP) is 2.28. The number of carbonyl (C=O) groups excluding carboxylic acids is 1. The van der Waals surface area contributed by atoms with Gasteiger partial charge in [0.2, 0.25) is 10.0 Å². The molecule has 0 aliphatic heterocycles. The van der Waals surface area contributed by atoms with Crippen molar-refractivity contribution in [2.75, 3.05) is 0 Å². The van der Waals surface area contributed by atoms with Crippen LogP contribution in [0.25, 0.3) is 0 Å². The van der Waals surface area contributed by atoms with E-state index in [0.717, 1.165) is 12.8 Å². The maximum absolute atomic E-state index is 12.1. The van der Waals surface area contributed by atoms with Crippen molar-refractivity contribution in [2.45, 2.75) is 30.7 Å². The van der Waals surface area contributed by atoms with Gasteiger partial charge < -0.3 is 5.32 Å². The van der Waals surface area contributed by atoms with Crippen LogP contribution in [0, 0.1) is 5.92 Å². The lowest BCUT2D eigenvalue weighted by Crippen LogP contribution is -2.27. The Kier molecular flexibility index (Phi) is 4.44. The number of amides is 1. The number of primary sulfonamides is 1. The molecule has 1 fully saturated rings. The number of halogens is 2. The maximum Gasteiger partial charge on any atom is 0.253 e. The van der Waals surface area contributed by atoms with Crippen LogP contribution in [-0.2, 0) is 10.0 Å². The lowest BCUT2D eigenvalue weighted by atomic mass is 10.2. The van der Waals surface area contributed by atoms with Gasteiger partial charge in [-0.1, -0.05) is 24.9 Å². The summed E-state index contributed by atoms with van der Waals surface area (Å²) in [4.78, 5) is 12.0. The third-order valence-electron chi connectivity index (χ3n) is 3.34. The third-order valence-corrected chi connectivity index (χ3v) is 5.52. The first kappa shape index (κ1) is 15.8. The molecule has 5 nitrogen and oxygen atoms in total. The summed E-state index contributed by atoms with van der Waals surface area (Å²) in [5, 5.41) is 8.11. The van der Waals surface area contributed by atoms with Crippen LogP contribution in [0.3, 0.4) is 0 Å². The van der Waals surface area contributed by atoms with E-state index in [-0.39, 0.29) is 31.9 Å². The highest BCUT2D eigenvalue weighted by Crippen LogP contribution is 2.34. The molecule has 0 radical (unpaired) electrons. The molecule has 1 aromatic carbocycles. The van der Waals surface area contributed by atoms with Gasteiger partial charge in [-0.25, -0.2) is 13.6 Å². The number of hydrogen-bond donors (Lipinski definition) is 2. The van der Waals surface area contributed by atoms with E-state index in [4.69, 9.17) is 16.7 Å². The summed E-state index contributed by atoms with van der Waals surface area (Å²) in [7, 11) is -3.92. The Labute approximate surface area is 131 Å². The molecule has 3 N–H and O–H groups in total. The van der Waals surface area contributed by atoms with Crippen LogP contribution >= 0.6 is 27.5 Å². The molecule has 1 aliphatic carbocycles. The minimum atomic E-state index is -3.92. The quantitative estimate of drug-likeness (QED) is 0.838. The molecule has 0 aromatic heterocycles. The lowest BCUT2D eigenvalue weighted by Gasteiger charge is -2.09. The van der Waals surface area contributed by atoms with Crippen molar-refractivity contribution in [2.24, 2.45) is 11.1 Å². The highest BCUT2D eigenvalue weighted by atomic mass is 79.9. The fourth-order valence-corrected chi connectivity index (χ4v) is 4.06. The van der Waals surface area contributed by atoms with Crippen molar-refractivity contribution >= 4 is 43.5 Å². The Morgan fingerprint density at radius 3 is 2.70 bits per heavy atom. The molecular formula is C12H14BrClN2O3S. The van der Waals surface area contributed by atoms with Crippen LogP contribution in [0.1, 0.15) is 30.1 Å². The van der Waals surface area contributed by atoms with Gasteiger partial charge in [0, 0.05) is 10.5 Å². The zero-order valence-electron chi connectivity index (χ0n) is 10.7. The molecule has 0 bridgehead atoms. The minimum Gasteiger partial charge on any atom is -0.349 e. The number of rotatable bonds is 4. The molecule has 2 unspecified atom stereocenters. The Hall–Kier alpha value is -0.630. The summed E-state index contributed by atoms with van der Waals surface area (Å²) in [5.41, 5.74) is 0.112. The summed E-state index contributed by atoms with van der Waals surface area (Å²) >= 11 is 9.07. The molecular weight excluding hydrogens is 368 g/mol. The zero-order valence-corrected chi connectivity index (χ0v) is 13.8. The monoisotopic (exact) mass is 380 g/mol. The summed E-state index contributed by atoms with van der Waals surface area (Å²) in [6.45, 7) is 2.06. The van der Waals surface area contributed by atoms with Gasteiger partial charge in [0.25, 0.3) is 5.91 Å². The number of benzene rings is 1. The molecule has 0 spiro atoms. The smallest absolute Gasteiger partial charge is 0.253 e. The molecule has 1 amide bonds. The normalized spacial score (nSPS) is 21.6. The Bertz CT molecular complexity index is 663.